The van der Waals surface area contributed by atoms with Gasteiger partial charge in [-0.25, -0.2) is 0 Å². The van der Waals surface area contributed by atoms with Crippen molar-refractivity contribution in [1.82, 2.24) is 15.2 Å². The molecule has 0 unspecified atom stereocenters. The summed E-state index contributed by atoms with van der Waals surface area (Å²) in [6, 6.07) is 10.9. The van der Waals surface area contributed by atoms with E-state index in [0.29, 0.717) is 23.7 Å². The van der Waals surface area contributed by atoms with E-state index in [2.05, 4.69) is 10.3 Å². The lowest BCUT2D eigenvalue weighted by atomic mass is 10.1. The van der Waals surface area contributed by atoms with Gasteiger partial charge in [-0.3, -0.25) is 19.4 Å². The standard InChI is InChI=1S/C21H22N4O3/c22-19(26)18-10-5-15(11-23-18)21(28)25(17-8-9-17)12-13-1-3-14(4-2-13)20(27)24-16-6-7-16/h1-5,10-11,16-17H,6-9,12H2,(H2,22,26)(H,24,27). The number of nitrogens with two attached hydrogens (primary N) is 1. The summed E-state index contributed by atoms with van der Waals surface area (Å²) in [6.07, 6.45) is 5.44. The zero-order chi connectivity index (χ0) is 19.7. The van der Waals surface area contributed by atoms with Crippen LogP contribution in [0.25, 0.3) is 0 Å². The summed E-state index contributed by atoms with van der Waals surface area (Å²) in [5.74, 6) is -0.796. The van der Waals surface area contributed by atoms with E-state index in [1.807, 2.05) is 17.0 Å². The van der Waals surface area contributed by atoms with Crippen molar-refractivity contribution < 1.29 is 14.4 Å². The minimum Gasteiger partial charge on any atom is -0.364 e. The zero-order valence-electron chi connectivity index (χ0n) is 15.4. The van der Waals surface area contributed by atoms with Gasteiger partial charge >= 0.3 is 0 Å². The van der Waals surface area contributed by atoms with Gasteiger partial charge in [0.1, 0.15) is 5.69 Å². The fourth-order valence-corrected chi connectivity index (χ4v) is 3.04. The van der Waals surface area contributed by atoms with E-state index < -0.39 is 5.91 Å². The Morgan fingerprint density at radius 2 is 1.68 bits per heavy atom. The second-order valence-corrected chi connectivity index (χ2v) is 7.41. The van der Waals surface area contributed by atoms with Gasteiger partial charge in [-0.2, -0.15) is 0 Å². The molecule has 2 aromatic rings. The Morgan fingerprint density at radius 3 is 2.21 bits per heavy atom. The Kier molecular flexibility index (Phi) is 4.81. The lowest BCUT2D eigenvalue weighted by Gasteiger charge is -2.22. The molecule has 4 rings (SSSR count). The molecule has 2 saturated carbocycles. The average Bonchev–Trinajstić information content (AvgIpc) is 3.61. The Bertz CT molecular complexity index is 900. The first-order valence-corrected chi connectivity index (χ1v) is 9.48. The van der Waals surface area contributed by atoms with Crippen LogP contribution in [0.5, 0.6) is 0 Å². The predicted octanol–water partition coefficient (Wildman–Crippen LogP) is 1.88. The normalized spacial score (nSPS) is 15.7. The van der Waals surface area contributed by atoms with E-state index in [-0.39, 0.29) is 23.6 Å². The molecule has 0 saturated heterocycles. The van der Waals surface area contributed by atoms with Crippen LogP contribution < -0.4 is 11.1 Å². The molecule has 2 aliphatic carbocycles. The molecule has 0 radical (unpaired) electrons. The van der Waals surface area contributed by atoms with Crippen molar-refractivity contribution in [2.45, 2.75) is 44.3 Å². The molecule has 2 aliphatic rings. The quantitative estimate of drug-likeness (QED) is 0.767. The number of carbonyl (C=O) groups is 3. The average molecular weight is 378 g/mol. The van der Waals surface area contributed by atoms with Gasteiger partial charge in [-0.1, -0.05) is 12.1 Å². The monoisotopic (exact) mass is 378 g/mol. The van der Waals surface area contributed by atoms with Crippen LogP contribution in [0.2, 0.25) is 0 Å². The molecule has 0 spiro atoms. The Hall–Kier alpha value is -3.22. The number of aromatic nitrogens is 1. The first-order valence-electron chi connectivity index (χ1n) is 9.48. The van der Waals surface area contributed by atoms with Crippen LogP contribution in [0.15, 0.2) is 42.6 Å². The number of hydrogen-bond donors (Lipinski definition) is 2. The number of pyridine rings is 1. The van der Waals surface area contributed by atoms with Gasteiger partial charge in [0.2, 0.25) is 0 Å². The van der Waals surface area contributed by atoms with Crippen molar-refractivity contribution in [3.8, 4) is 0 Å². The Balaban J connectivity index is 1.45. The van der Waals surface area contributed by atoms with E-state index in [1.165, 1.54) is 12.3 Å². The fraction of sp³-hybridized carbons (Fsp3) is 0.333. The van der Waals surface area contributed by atoms with Crippen molar-refractivity contribution in [3.63, 3.8) is 0 Å². The van der Waals surface area contributed by atoms with Crippen molar-refractivity contribution in [3.05, 3.63) is 65.0 Å². The summed E-state index contributed by atoms with van der Waals surface area (Å²) in [4.78, 5) is 42.0. The minimum absolute atomic E-state index is 0.0511. The highest BCUT2D eigenvalue weighted by atomic mass is 16.2. The molecular formula is C21H22N4O3. The highest BCUT2D eigenvalue weighted by Crippen LogP contribution is 2.30. The van der Waals surface area contributed by atoms with Crippen LogP contribution in [-0.2, 0) is 6.54 Å². The SMILES string of the molecule is NC(=O)c1ccc(C(=O)N(Cc2ccc(C(=O)NC3CC3)cc2)C2CC2)cn1. The topological polar surface area (TPSA) is 105 Å². The maximum Gasteiger partial charge on any atom is 0.267 e. The Morgan fingerprint density at radius 1 is 1.00 bits per heavy atom. The molecule has 2 fully saturated rings. The van der Waals surface area contributed by atoms with Gasteiger partial charge < -0.3 is 16.0 Å². The molecule has 3 amide bonds. The summed E-state index contributed by atoms with van der Waals surface area (Å²) in [7, 11) is 0. The van der Waals surface area contributed by atoms with Gasteiger partial charge in [0.15, 0.2) is 0 Å². The zero-order valence-corrected chi connectivity index (χ0v) is 15.4. The van der Waals surface area contributed by atoms with Crippen molar-refractivity contribution >= 4 is 17.7 Å². The number of benzene rings is 1. The van der Waals surface area contributed by atoms with E-state index in [9.17, 15) is 14.4 Å². The third-order valence-electron chi connectivity index (χ3n) is 4.99. The van der Waals surface area contributed by atoms with Gasteiger partial charge in [-0.05, 0) is 55.5 Å². The number of carbonyl (C=O) groups excluding carboxylic acids is 3. The van der Waals surface area contributed by atoms with Gasteiger partial charge in [0.05, 0.1) is 5.56 Å². The first-order chi connectivity index (χ1) is 13.5. The lowest BCUT2D eigenvalue weighted by Crippen LogP contribution is -2.33. The number of nitrogens with one attached hydrogen (secondary N) is 1. The fourth-order valence-electron chi connectivity index (χ4n) is 3.04. The third-order valence-corrected chi connectivity index (χ3v) is 4.99. The number of primary amides is 1. The molecule has 144 valence electrons. The van der Waals surface area contributed by atoms with Crippen LogP contribution in [0.4, 0.5) is 0 Å². The third kappa shape index (κ3) is 4.19. The highest BCUT2D eigenvalue weighted by molar-refractivity contribution is 5.96. The maximum atomic E-state index is 12.9. The van der Waals surface area contributed by atoms with Crippen LogP contribution in [-0.4, -0.2) is 39.7 Å². The molecule has 3 N–H and O–H groups in total. The molecular weight excluding hydrogens is 356 g/mol. The van der Waals surface area contributed by atoms with Crippen molar-refractivity contribution in [2.75, 3.05) is 0 Å². The van der Waals surface area contributed by atoms with Gasteiger partial charge in [0.25, 0.3) is 17.7 Å². The summed E-state index contributed by atoms with van der Waals surface area (Å²) < 4.78 is 0. The van der Waals surface area contributed by atoms with Crippen LogP contribution in [0.3, 0.4) is 0 Å². The van der Waals surface area contributed by atoms with Crippen LogP contribution in [0.1, 0.15) is 62.5 Å². The Labute approximate surface area is 162 Å². The van der Waals surface area contributed by atoms with E-state index in [1.54, 1.807) is 18.2 Å². The summed E-state index contributed by atoms with van der Waals surface area (Å²) in [6.45, 7) is 0.464. The molecule has 0 aliphatic heterocycles. The minimum atomic E-state index is -0.621. The van der Waals surface area contributed by atoms with Crippen LogP contribution >= 0.6 is 0 Å². The van der Waals surface area contributed by atoms with Gasteiger partial charge in [-0.15, -0.1) is 0 Å². The molecule has 0 bridgehead atoms. The highest BCUT2D eigenvalue weighted by Gasteiger charge is 2.33. The summed E-state index contributed by atoms with van der Waals surface area (Å²) in [5, 5.41) is 2.97. The summed E-state index contributed by atoms with van der Waals surface area (Å²) >= 11 is 0. The number of hydrogen-bond acceptors (Lipinski definition) is 4. The molecule has 7 nitrogen and oxygen atoms in total. The van der Waals surface area contributed by atoms with Crippen molar-refractivity contribution in [2.24, 2.45) is 5.73 Å². The molecule has 28 heavy (non-hydrogen) atoms. The van der Waals surface area contributed by atoms with Crippen LogP contribution in [0, 0.1) is 0 Å². The van der Waals surface area contributed by atoms with Gasteiger partial charge in [0, 0.05) is 30.4 Å². The summed E-state index contributed by atoms with van der Waals surface area (Å²) in [5.41, 5.74) is 7.35. The molecule has 1 aromatic heterocycles. The number of nitrogens with zero attached hydrogens (tertiary/aromatic N) is 2. The smallest absolute Gasteiger partial charge is 0.267 e. The molecule has 0 atom stereocenters. The largest absolute Gasteiger partial charge is 0.364 e. The molecule has 7 heteroatoms. The predicted molar refractivity (Wildman–Crippen MR) is 103 cm³/mol. The maximum absolute atomic E-state index is 12.9. The van der Waals surface area contributed by atoms with E-state index >= 15 is 0 Å². The second kappa shape index (κ2) is 7.42. The molecule has 1 aromatic carbocycles. The van der Waals surface area contributed by atoms with Crippen molar-refractivity contribution in [1.29, 1.82) is 0 Å². The lowest BCUT2D eigenvalue weighted by molar-refractivity contribution is 0.0728. The number of amides is 3. The number of rotatable bonds is 7. The van der Waals surface area contributed by atoms with E-state index in [4.69, 9.17) is 5.73 Å². The first kappa shape index (κ1) is 18.2. The second-order valence-electron chi connectivity index (χ2n) is 7.41. The molecule has 1 heterocycles. The van der Waals surface area contributed by atoms with E-state index in [0.717, 1.165) is 31.2 Å².